The van der Waals surface area contributed by atoms with Crippen molar-refractivity contribution in [2.45, 2.75) is 0 Å². The van der Waals surface area contributed by atoms with Crippen LogP contribution in [-0.2, 0) is 0 Å². The van der Waals surface area contributed by atoms with Gasteiger partial charge < -0.3 is 4.42 Å². The normalized spacial score (nSPS) is 10.4. The summed E-state index contributed by atoms with van der Waals surface area (Å²) >= 11 is 5.90. The van der Waals surface area contributed by atoms with Gasteiger partial charge >= 0.3 is 0 Å². The minimum absolute atomic E-state index is 0.330. The third-order valence-electron chi connectivity index (χ3n) is 3.07. The lowest BCUT2D eigenvalue weighted by Crippen LogP contribution is -1.80. The average molecular weight is 283 g/mol. The molecule has 1 heterocycles. The zero-order valence-electron chi connectivity index (χ0n) is 10.5. The lowest BCUT2D eigenvalue weighted by Gasteiger charge is -2.04. The smallest absolute Gasteiger partial charge is 0.185 e. The number of carbonyl (C=O) groups excluding carboxylic acids is 1. The van der Waals surface area contributed by atoms with Gasteiger partial charge in [0.2, 0.25) is 0 Å². The van der Waals surface area contributed by atoms with Gasteiger partial charge in [-0.15, -0.1) is 0 Å². The van der Waals surface area contributed by atoms with Crippen molar-refractivity contribution in [3.63, 3.8) is 0 Å². The molecule has 3 rings (SSSR count). The predicted octanol–water partition coefficient (Wildman–Crippen LogP) is 5.08. The van der Waals surface area contributed by atoms with E-state index >= 15 is 0 Å². The molecule has 0 radical (unpaired) electrons. The SMILES string of the molecule is O=Cc1ccc(-c2cccc(-c3ccc(Cl)cc3)c2)o1. The second kappa shape index (κ2) is 5.35. The first-order valence-corrected chi connectivity index (χ1v) is 6.55. The Bertz CT molecular complexity index is 742. The lowest BCUT2D eigenvalue weighted by atomic mass is 10.0. The molecule has 0 aliphatic rings. The molecule has 0 bridgehead atoms. The quantitative estimate of drug-likeness (QED) is 0.627. The topological polar surface area (TPSA) is 30.2 Å². The molecule has 98 valence electrons. The molecule has 20 heavy (non-hydrogen) atoms. The number of halogens is 1. The fourth-order valence-corrected chi connectivity index (χ4v) is 2.19. The van der Waals surface area contributed by atoms with Crippen LogP contribution in [0.4, 0.5) is 0 Å². The Morgan fingerprint density at radius 2 is 1.60 bits per heavy atom. The Labute approximate surface area is 121 Å². The molecule has 0 amide bonds. The minimum Gasteiger partial charge on any atom is -0.453 e. The van der Waals surface area contributed by atoms with Crippen molar-refractivity contribution >= 4 is 17.9 Å². The largest absolute Gasteiger partial charge is 0.453 e. The average Bonchev–Trinajstić information content (AvgIpc) is 2.97. The summed E-state index contributed by atoms with van der Waals surface area (Å²) < 4.78 is 5.44. The second-order valence-corrected chi connectivity index (χ2v) is 4.84. The van der Waals surface area contributed by atoms with Crippen molar-refractivity contribution in [3.8, 4) is 22.5 Å². The second-order valence-electron chi connectivity index (χ2n) is 4.41. The molecule has 0 aliphatic heterocycles. The van der Waals surface area contributed by atoms with Gasteiger partial charge in [-0.05, 0) is 41.5 Å². The van der Waals surface area contributed by atoms with E-state index < -0.39 is 0 Å². The molecule has 0 spiro atoms. The fraction of sp³-hybridized carbons (Fsp3) is 0. The number of hydrogen-bond donors (Lipinski definition) is 0. The molecule has 0 atom stereocenters. The van der Waals surface area contributed by atoms with Crippen molar-refractivity contribution in [2.24, 2.45) is 0 Å². The van der Waals surface area contributed by atoms with Gasteiger partial charge in [-0.1, -0.05) is 41.9 Å². The van der Waals surface area contributed by atoms with E-state index in [1.807, 2.05) is 48.5 Å². The van der Waals surface area contributed by atoms with E-state index in [-0.39, 0.29) is 0 Å². The van der Waals surface area contributed by atoms with E-state index in [2.05, 4.69) is 0 Å². The van der Waals surface area contributed by atoms with Crippen LogP contribution in [0.2, 0.25) is 5.02 Å². The zero-order chi connectivity index (χ0) is 13.9. The molecular weight excluding hydrogens is 272 g/mol. The van der Waals surface area contributed by atoms with Gasteiger partial charge in [-0.3, -0.25) is 4.79 Å². The Morgan fingerprint density at radius 3 is 2.30 bits per heavy atom. The number of benzene rings is 2. The Hall–Kier alpha value is -2.32. The third-order valence-corrected chi connectivity index (χ3v) is 3.32. The Kier molecular flexibility index (Phi) is 3.40. The van der Waals surface area contributed by atoms with Crippen molar-refractivity contribution in [2.75, 3.05) is 0 Å². The summed E-state index contributed by atoms with van der Waals surface area (Å²) in [6.45, 7) is 0. The minimum atomic E-state index is 0.330. The Balaban J connectivity index is 2.00. The maximum atomic E-state index is 10.7. The van der Waals surface area contributed by atoms with Gasteiger partial charge in [0.05, 0.1) is 0 Å². The van der Waals surface area contributed by atoms with Crippen LogP contribution in [-0.4, -0.2) is 6.29 Å². The highest BCUT2D eigenvalue weighted by Crippen LogP contribution is 2.28. The van der Waals surface area contributed by atoms with Gasteiger partial charge in [-0.25, -0.2) is 0 Å². The summed E-state index contributed by atoms with van der Waals surface area (Å²) in [6.07, 6.45) is 0.701. The highest BCUT2D eigenvalue weighted by Gasteiger charge is 2.06. The lowest BCUT2D eigenvalue weighted by molar-refractivity contribution is 0.110. The van der Waals surface area contributed by atoms with Crippen LogP contribution in [0.3, 0.4) is 0 Å². The van der Waals surface area contributed by atoms with Gasteiger partial charge in [0, 0.05) is 10.6 Å². The number of rotatable bonds is 3. The first-order valence-electron chi connectivity index (χ1n) is 6.18. The maximum absolute atomic E-state index is 10.7. The van der Waals surface area contributed by atoms with Crippen LogP contribution < -0.4 is 0 Å². The fourth-order valence-electron chi connectivity index (χ4n) is 2.07. The first-order chi connectivity index (χ1) is 9.76. The highest BCUT2D eigenvalue weighted by atomic mass is 35.5. The molecular formula is C17H11ClO2. The summed E-state index contributed by atoms with van der Waals surface area (Å²) in [5.74, 6) is 1.01. The summed E-state index contributed by atoms with van der Waals surface area (Å²) in [5.41, 5.74) is 3.09. The molecule has 1 aromatic heterocycles. The van der Waals surface area contributed by atoms with Gasteiger partial charge in [0.25, 0.3) is 0 Å². The molecule has 0 unspecified atom stereocenters. The maximum Gasteiger partial charge on any atom is 0.185 e. The monoisotopic (exact) mass is 282 g/mol. The number of furan rings is 1. The first kappa shape index (κ1) is 12.7. The number of aldehydes is 1. The zero-order valence-corrected chi connectivity index (χ0v) is 11.3. The predicted molar refractivity (Wildman–Crippen MR) is 80.0 cm³/mol. The molecule has 0 saturated carbocycles. The standard InChI is InChI=1S/C17H11ClO2/c18-15-6-4-12(5-7-15)13-2-1-3-14(10-13)17-9-8-16(11-19)20-17/h1-11H. The Morgan fingerprint density at radius 1 is 0.850 bits per heavy atom. The van der Waals surface area contributed by atoms with Crippen LogP contribution >= 0.6 is 11.6 Å². The van der Waals surface area contributed by atoms with Crippen LogP contribution in [0.1, 0.15) is 10.6 Å². The van der Waals surface area contributed by atoms with Crippen molar-refractivity contribution in [1.29, 1.82) is 0 Å². The molecule has 0 aliphatic carbocycles. The van der Waals surface area contributed by atoms with Crippen LogP contribution in [0.5, 0.6) is 0 Å². The molecule has 0 fully saturated rings. The van der Waals surface area contributed by atoms with E-state index in [1.165, 1.54) is 0 Å². The number of carbonyl (C=O) groups is 1. The van der Waals surface area contributed by atoms with Crippen molar-refractivity contribution in [1.82, 2.24) is 0 Å². The van der Waals surface area contributed by atoms with Crippen LogP contribution in [0.25, 0.3) is 22.5 Å². The van der Waals surface area contributed by atoms with Crippen molar-refractivity contribution in [3.05, 3.63) is 71.4 Å². The molecule has 2 aromatic carbocycles. The molecule has 2 nitrogen and oxygen atoms in total. The van der Waals surface area contributed by atoms with E-state index in [4.69, 9.17) is 16.0 Å². The van der Waals surface area contributed by atoms with Crippen molar-refractivity contribution < 1.29 is 9.21 Å². The molecule has 3 aromatic rings. The number of hydrogen-bond acceptors (Lipinski definition) is 2. The third kappa shape index (κ3) is 2.51. The van der Waals surface area contributed by atoms with Gasteiger partial charge in [0.15, 0.2) is 12.0 Å². The molecule has 0 N–H and O–H groups in total. The summed E-state index contributed by atoms with van der Waals surface area (Å²) in [7, 11) is 0. The van der Waals surface area contributed by atoms with Crippen LogP contribution in [0, 0.1) is 0 Å². The van der Waals surface area contributed by atoms with E-state index in [1.54, 1.807) is 12.1 Å². The van der Waals surface area contributed by atoms with E-state index in [0.29, 0.717) is 22.8 Å². The molecule has 0 saturated heterocycles. The van der Waals surface area contributed by atoms with Crippen LogP contribution in [0.15, 0.2) is 65.1 Å². The van der Waals surface area contributed by atoms with E-state index in [0.717, 1.165) is 16.7 Å². The van der Waals surface area contributed by atoms with Gasteiger partial charge in [-0.2, -0.15) is 0 Å². The van der Waals surface area contributed by atoms with Gasteiger partial charge in [0.1, 0.15) is 5.76 Å². The highest BCUT2D eigenvalue weighted by molar-refractivity contribution is 6.30. The summed E-state index contributed by atoms with van der Waals surface area (Å²) in [6, 6.07) is 19.1. The molecule has 3 heteroatoms. The van der Waals surface area contributed by atoms with E-state index in [9.17, 15) is 4.79 Å². The summed E-state index contributed by atoms with van der Waals surface area (Å²) in [4.78, 5) is 10.7. The summed E-state index contributed by atoms with van der Waals surface area (Å²) in [5, 5.41) is 0.714.